The Bertz CT molecular complexity index is 1300. The number of para-hydroxylation sites is 1. The molecule has 0 bridgehead atoms. The summed E-state index contributed by atoms with van der Waals surface area (Å²) in [6, 6.07) is 9.28. The first-order chi connectivity index (χ1) is 15.1. The van der Waals surface area contributed by atoms with Crippen molar-refractivity contribution >= 4 is 42.4 Å². The van der Waals surface area contributed by atoms with Gasteiger partial charge < -0.3 is 23.7 Å². The number of furan rings is 1. The molecular formula is C22H20K2N3O6P. The number of carbonyl (C=O) groups excluding carboxylic acids is 2. The standard InChI is InChI=1S/C22H22N3O6P.2K/c1-14-17-5-3-4-6-18(17)31-19(14)13-24(2)20(26)9-7-15-11-16-8-10-21(27)25(32(28,29)30)22(16)23-12-15;;/h3-7,9,11-12H,8,10,13H2,1-2H3,(H2,28,29,30);;/q;2*+1/p-2/b9-7+;;. The molecule has 9 nitrogen and oxygen atoms in total. The second kappa shape index (κ2) is 12.5. The van der Waals surface area contributed by atoms with E-state index in [0.29, 0.717) is 23.4 Å². The van der Waals surface area contributed by atoms with Crippen molar-refractivity contribution in [1.29, 1.82) is 0 Å². The van der Waals surface area contributed by atoms with Crippen molar-refractivity contribution in [2.24, 2.45) is 0 Å². The van der Waals surface area contributed by atoms with Crippen LogP contribution in [0.5, 0.6) is 0 Å². The first kappa shape index (κ1) is 30.2. The molecule has 166 valence electrons. The van der Waals surface area contributed by atoms with Gasteiger partial charge in [-0.15, -0.1) is 0 Å². The number of hydrogen-bond donors (Lipinski definition) is 0. The number of aromatic nitrogens is 1. The maximum atomic E-state index is 12.6. The van der Waals surface area contributed by atoms with Gasteiger partial charge in [-0.1, -0.05) is 18.2 Å². The monoisotopic (exact) mass is 531 g/mol. The number of carbonyl (C=O) groups is 2. The van der Waals surface area contributed by atoms with Gasteiger partial charge in [-0.05, 0) is 42.7 Å². The molecule has 0 unspecified atom stereocenters. The summed E-state index contributed by atoms with van der Waals surface area (Å²) in [5.41, 5.74) is 2.75. The van der Waals surface area contributed by atoms with Crippen LogP contribution in [-0.2, 0) is 27.1 Å². The molecule has 0 saturated heterocycles. The van der Waals surface area contributed by atoms with E-state index in [4.69, 9.17) is 4.42 Å². The maximum absolute atomic E-state index is 12.6. The molecule has 12 heteroatoms. The fourth-order valence-electron chi connectivity index (χ4n) is 3.67. The Morgan fingerprint density at radius 2 is 1.97 bits per heavy atom. The SMILES string of the molecule is Cc1c(CN(C)C(=O)/C=C/c2cnc3c(c2)CCC(=O)N3P(=O)([O-])[O-])oc2ccccc12.[K+].[K+]. The summed E-state index contributed by atoms with van der Waals surface area (Å²) in [6.45, 7) is 2.25. The number of nitrogens with zero attached hydrogens (tertiary/aromatic N) is 3. The Morgan fingerprint density at radius 3 is 2.65 bits per heavy atom. The van der Waals surface area contributed by atoms with Crippen LogP contribution in [0.1, 0.15) is 28.9 Å². The van der Waals surface area contributed by atoms with Crippen molar-refractivity contribution in [1.82, 2.24) is 9.88 Å². The van der Waals surface area contributed by atoms with Gasteiger partial charge in [0.2, 0.25) is 11.8 Å². The molecule has 0 spiro atoms. The van der Waals surface area contributed by atoms with Gasteiger partial charge in [0.05, 0.1) is 6.54 Å². The molecule has 34 heavy (non-hydrogen) atoms. The zero-order valence-electron chi connectivity index (χ0n) is 19.5. The van der Waals surface area contributed by atoms with E-state index in [2.05, 4.69) is 4.98 Å². The van der Waals surface area contributed by atoms with E-state index in [0.717, 1.165) is 16.5 Å². The number of amides is 2. The second-order valence-corrected chi connectivity index (χ2v) is 8.94. The van der Waals surface area contributed by atoms with Gasteiger partial charge in [0, 0.05) is 44.4 Å². The van der Waals surface area contributed by atoms with Crippen LogP contribution in [0.25, 0.3) is 17.0 Å². The number of rotatable bonds is 5. The van der Waals surface area contributed by atoms with Crippen LogP contribution in [0.4, 0.5) is 5.82 Å². The van der Waals surface area contributed by atoms with Crippen LogP contribution in [-0.4, -0.2) is 28.7 Å². The van der Waals surface area contributed by atoms with Crippen molar-refractivity contribution in [3.8, 4) is 0 Å². The molecule has 0 atom stereocenters. The molecule has 1 aliphatic rings. The Morgan fingerprint density at radius 1 is 1.26 bits per heavy atom. The van der Waals surface area contributed by atoms with E-state index < -0.39 is 13.7 Å². The Balaban J connectivity index is 0.00000204. The number of fused-ring (bicyclic) bond motifs is 2. The number of hydrogen-bond acceptors (Lipinski definition) is 7. The third-order valence-corrected chi connectivity index (χ3v) is 6.27. The smallest absolute Gasteiger partial charge is 0.794 e. The average molecular weight is 532 g/mol. The topological polar surface area (TPSA) is 130 Å². The van der Waals surface area contributed by atoms with Crippen molar-refractivity contribution in [3.63, 3.8) is 0 Å². The van der Waals surface area contributed by atoms with Crippen LogP contribution < -0.4 is 117 Å². The molecule has 0 aliphatic carbocycles. The summed E-state index contributed by atoms with van der Waals surface area (Å²) in [5, 5.41) is 1.01. The average Bonchev–Trinajstić information content (AvgIpc) is 3.06. The first-order valence-electron chi connectivity index (χ1n) is 9.90. The first-order valence-corrected chi connectivity index (χ1v) is 11.4. The van der Waals surface area contributed by atoms with E-state index in [9.17, 15) is 23.9 Å². The number of benzene rings is 1. The molecule has 2 aromatic heterocycles. The van der Waals surface area contributed by atoms with Crippen molar-refractivity contribution in [2.45, 2.75) is 26.3 Å². The van der Waals surface area contributed by atoms with E-state index >= 15 is 0 Å². The van der Waals surface area contributed by atoms with Gasteiger partial charge in [0.15, 0.2) is 0 Å². The van der Waals surface area contributed by atoms with Gasteiger partial charge in [-0.2, -0.15) is 0 Å². The van der Waals surface area contributed by atoms with E-state index in [-0.39, 0.29) is 132 Å². The van der Waals surface area contributed by atoms with Crippen LogP contribution in [0, 0.1) is 6.92 Å². The summed E-state index contributed by atoms with van der Waals surface area (Å²) in [5.74, 6) is -0.520. The van der Waals surface area contributed by atoms with Crippen molar-refractivity contribution in [2.75, 3.05) is 11.7 Å². The molecule has 0 saturated carbocycles. The summed E-state index contributed by atoms with van der Waals surface area (Å²) in [7, 11) is -3.64. The van der Waals surface area contributed by atoms with Gasteiger partial charge in [-0.25, -0.2) is 4.98 Å². The predicted octanol–water partition coefficient (Wildman–Crippen LogP) is -4.08. The summed E-state index contributed by atoms with van der Waals surface area (Å²) in [4.78, 5) is 52.8. The van der Waals surface area contributed by atoms with E-state index in [1.807, 2.05) is 31.2 Å². The van der Waals surface area contributed by atoms with Gasteiger partial charge >= 0.3 is 103 Å². The van der Waals surface area contributed by atoms with Gasteiger partial charge in [-0.3, -0.25) is 14.3 Å². The third-order valence-electron chi connectivity index (χ3n) is 5.37. The second-order valence-electron chi connectivity index (χ2n) is 7.60. The fraction of sp³-hybridized carbons (Fsp3) is 0.227. The zero-order chi connectivity index (χ0) is 23.0. The Labute approximate surface area is 282 Å². The molecule has 1 aliphatic heterocycles. The maximum Gasteiger partial charge on any atom is 1.00 e. The summed E-state index contributed by atoms with van der Waals surface area (Å²) >= 11 is 0. The molecule has 0 N–H and O–H groups in total. The van der Waals surface area contributed by atoms with Crippen LogP contribution in [0.2, 0.25) is 0 Å². The normalized spacial score (nSPS) is 13.4. The van der Waals surface area contributed by atoms with Crippen molar-refractivity contribution < 1.29 is 131 Å². The van der Waals surface area contributed by atoms with Crippen LogP contribution in [0.3, 0.4) is 0 Å². The Hall–Kier alpha value is 0.0127. The molecule has 2 amide bonds. The molecule has 4 rings (SSSR count). The van der Waals surface area contributed by atoms with Crippen LogP contribution >= 0.6 is 7.75 Å². The fourth-order valence-corrected chi connectivity index (χ4v) is 4.45. The zero-order valence-corrected chi connectivity index (χ0v) is 26.6. The minimum Gasteiger partial charge on any atom is -0.794 e. The number of aryl methyl sites for hydroxylation is 2. The van der Waals surface area contributed by atoms with Crippen LogP contribution in [0.15, 0.2) is 47.0 Å². The predicted molar refractivity (Wildman–Crippen MR) is 114 cm³/mol. The minimum atomic E-state index is -5.30. The molecule has 0 fully saturated rings. The molecule has 3 aromatic rings. The quantitative estimate of drug-likeness (QED) is 0.186. The number of likely N-dealkylation sites (N-methyl/N-ethyl adjacent to an activating group) is 1. The van der Waals surface area contributed by atoms with E-state index in [1.54, 1.807) is 19.2 Å². The largest absolute Gasteiger partial charge is 1.00 e. The Kier molecular flexibility index (Phi) is 11.1. The van der Waals surface area contributed by atoms with Crippen molar-refractivity contribution in [3.05, 3.63) is 65.1 Å². The number of anilines is 1. The molecular weight excluding hydrogens is 511 g/mol. The minimum absolute atomic E-state index is 0. The third kappa shape index (κ3) is 6.66. The number of pyridine rings is 1. The van der Waals surface area contributed by atoms with Gasteiger partial charge in [0.1, 0.15) is 17.2 Å². The molecule has 3 heterocycles. The molecule has 1 aromatic carbocycles. The summed E-state index contributed by atoms with van der Waals surface area (Å²) in [6.07, 6.45) is 4.40. The van der Waals surface area contributed by atoms with E-state index in [1.165, 1.54) is 17.2 Å². The summed E-state index contributed by atoms with van der Waals surface area (Å²) < 4.78 is 17.5. The van der Waals surface area contributed by atoms with Gasteiger partial charge in [0.25, 0.3) is 0 Å². The molecule has 0 radical (unpaired) electrons.